The summed E-state index contributed by atoms with van der Waals surface area (Å²) < 4.78 is 15.4. The standard InChI is InChI=1S/C20H22ClNO5/c1-13-10-15(21)6-7-16(13)22-19(23)12-27-20(24)9-5-14-4-8-17(25-2)18(11-14)26-3/h4,6-8,10-11H,5,9,12H2,1-3H3,(H,22,23). The van der Waals surface area contributed by atoms with Gasteiger partial charge in [0.25, 0.3) is 5.91 Å². The zero-order valence-corrected chi connectivity index (χ0v) is 16.3. The van der Waals surface area contributed by atoms with Crippen LogP contribution in [0.5, 0.6) is 11.5 Å². The molecule has 0 aliphatic rings. The van der Waals surface area contributed by atoms with Crippen molar-refractivity contribution in [2.75, 3.05) is 26.1 Å². The fraction of sp³-hybridized carbons (Fsp3) is 0.300. The number of methoxy groups -OCH3 is 2. The van der Waals surface area contributed by atoms with Gasteiger partial charge in [-0.25, -0.2) is 0 Å². The first-order chi connectivity index (χ1) is 12.9. The lowest BCUT2D eigenvalue weighted by atomic mass is 10.1. The van der Waals surface area contributed by atoms with Gasteiger partial charge in [-0.3, -0.25) is 9.59 Å². The molecular formula is C20H22ClNO5. The molecule has 7 heteroatoms. The number of rotatable bonds is 8. The van der Waals surface area contributed by atoms with Crippen molar-refractivity contribution in [1.29, 1.82) is 0 Å². The molecule has 0 aliphatic heterocycles. The summed E-state index contributed by atoms with van der Waals surface area (Å²) in [5.74, 6) is 0.367. The van der Waals surface area contributed by atoms with Crippen molar-refractivity contribution < 1.29 is 23.8 Å². The molecule has 2 rings (SSSR count). The number of esters is 1. The van der Waals surface area contributed by atoms with Gasteiger partial charge in [0.2, 0.25) is 0 Å². The molecule has 0 aliphatic carbocycles. The lowest BCUT2D eigenvalue weighted by Gasteiger charge is -2.10. The highest BCUT2D eigenvalue weighted by Crippen LogP contribution is 2.28. The molecule has 0 unspecified atom stereocenters. The predicted molar refractivity (Wildman–Crippen MR) is 104 cm³/mol. The summed E-state index contributed by atoms with van der Waals surface area (Å²) in [6.07, 6.45) is 0.625. The Balaban J connectivity index is 1.79. The molecule has 0 atom stereocenters. The maximum atomic E-state index is 11.9. The number of aryl methyl sites for hydroxylation is 2. The van der Waals surface area contributed by atoms with E-state index in [2.05, 4.69) is 5.32 Å². The third kappa shape index (κ3) is 6.18. The SMILES string of the molecule is COc1ccc(CCC(=O)OCC(=O)Nc2ccc(Cl)cc2C)cc1OC. The Hall–Kier alpha value is -2.73. The average Bonchev–Trinajstić information content (AvgIpc) is 2.66. The van der Waals surface area contributed by atoms with Crippen molar-refractivity contribution in [1.82, 2.24) is 0 Å². The fourth-order valence-electron chi connectivity index (χ4n) is 2.45. The monoisotopic (exact) mass is 391 g/mol. The Bertz CT molecular complexity index is 822. The van der Waals surface area contributed by atoms with Crippen molar-refractivity contribution in [3.05, 3.63) is 52.5 Å². The summed E-state index contributed by atoms with van der Waals surface area (Å²) in [7, 11) is 3.11. The molecule has 27 heavy (non-hydrogen) atoms. The molecule has 1 N–H and O–H groups in total. The molecule has 0 saturated heterocycles. The summed E-state index contributed by atoms with van der Waals surface area (Å²) >= 11 is 5.88. The van der Waals surface area contributed by atoms with Crippen LogP contribution in [0.15, 0.2) is 36.4 Å². The van der Waals surface area contributed by atoms with Gasteiger partial charge >= 0.3 is 5.97 Å². The quantitative estimate of drug-likeness (QED) is 0.693. The molecule has 144 valence electrons. The highest BCUT2D eigenvalue weighted by Gasteiger charge is 2.11. The first kappa shape index (κ1) is 20.6. The van der Waals surface area contributed by atoms with E-state index in [9.17, 15) is 9.59 Å². The van der Waals surface area contributed by atoms with Gasteiger partial charge in [0.15, 0.2) is 18.1 Å². The smallest absolute Gasteiger partial charge is 0.306 e. The zero-order chi connectivity index (χ0) is 19.8. The number of carbonyl (C=O) groups excluding carboxylic acids is 2. The van der Waals surface area contributed by atoms with Gasteiger partial charge in [-0.2, -0.15) is 0 Å². The van der Waals surface area contributed by atoms with E-state index < -0.39 is 11.9 Å². The molecule has 6 nitrogen and oxygen atoms in total. The minimum Gasteiger partial charge on any atom is -0.493 e. The van der Waals surface area contributed by atoms with Crippen LogP contribution in [-0.4, -0.2) is 32.7 Å². The Labute approximate surface area is 163 Å². The number of ether oxygens (including phenoxy) is 3. The highest BCUT2D eigenvalue weighted by molar-refractivity contribution is 6.30. The Kier molecular flexibility index (Phi) is 7.49. The van der Waals surface area contributed by atoms with Gasteiger partial charge in [0.05, 0.1) is 14.2 Å². The van der Waals surface area contributed by atoms with Crippen LogP contribution in [0.1, 0.15) is 17.5 Å². The van der Waals surface area contributed by atoms with Crippen LogP contribution < -0.4 is 14.8 Å². The summed E-state index contributed by atoms with van der Waals surface area (Å²) in [5, 5.41) is 3.28. The van der Waals surface area contributed by atoms with Gasteiger partial charge in [0.1, 0.15) is 0 Å². The van der Waals surface area contributed by atoms with Crippen molar-refractivity contribution in [3.8, 4) is 11.5 Å². The molecule has 0 radical (unpaired) electrons. The van der Waals surface area contributed by atoms with Crippen LogP contribution in [0.2, 0.25) is 5.02 Å². The van der Waals surface area contributed by atoms with Crippen molar-refractivity contribution >= 4 is 29.2 Å². The van der Waals surface area contributed by atoms with Crippen LogP contribution in [0.4, 0.5) is 5.69 Å². The maximum Gasteiger partial charge on any atom is 0.306 e. The lowest BCUT2D eigenvalue weighted by Crippen LogP contribution is -2.21. The first-order valence-corrected chi connectivity index (χ1v) is 8.73. The Morgan fingerprint density at radius 1 is 1.04 bits per heavy atom. The van der Waals surface area contributed by atoms with Gasteiger partial charge < -0.3 is 19.5 Å². The summed E-state index contributed by atoms with van der Waals surface area (Å²) in [5.41, 5.74) is 2.37. The molecule has 0 saturated carbocycles. The summed E-state index contributed by atoms with van der Waals surface area (Å²) in [4.78, 5) is 23.8. The third-order valence-corrected chi connectivity index (χ3v) is 4.13. The van der Waals surface area contributed by atoms with Gasteiger partial charge in [-0.1, -0.05) is 17.7 Å². The first-order valence-electron chi connectivity index (χ1n) is 8.35. The zero-order valence-electron chi connectivity index (χ0n) is 15.5. The van der Waals surface area contributed by atoms with Gasteiger partial charge in [-0.15, -0.1) is 0 Å². The number of benzene rings is 2. The summed E-state index contributed by atoms with van der Waals surface area (Å²) in [6.45, 7) is 1.49. The number of amides is 1. The number of hydrogen-bond acceptors (Lipinski definition) is 5. The Morgan fingerprint density at radius 2 is 1.78 bits per heavy atom. The van der Waals surface area contributed by atoms with Gasteiger partial charge in [0, 0.05) is 17.1 Å². The van der Waals surface area contributed by atoms with Gasteiger partial charge in [-0.05, 0) is 54.8 Å². The number of anilines is 1. The van der Waals surface area contributed by atoms with Crippen molar-refractivity contribution in [2.45, 2.75) is 19.8 Å². The fourth-order valence-corrected chi connectivity index (χ4v) is 2.68. The largest absolute Gasteiger partial charge is 0.493 e. The summed E-state index contributed by atoms with van der Waals surface area (Å²) in [6, 6.07) is 10.6. The van der Waals surface area contributed by atoms with E-state index in [1.165, 1.54) is 0 Å². The van der Waals surface area contributed by atoms with Crippen molar-refractivity contribution in [3.63, 3.8) is 0 Å². The average molecular weight is 392 g/mol. The van der Waals surface area contributed by atoms with E-state index in [1.807, 2.05) is 19.1 Å². The van der Waals surface area contributed by atoms with Crippen LogP contribution in [0.25, 0.3) is 0 Å². The van der Waals surface area contributed by atoms with Crippen LogP contribution >= 0.6 is 11.6 Å². The number of nitrogens with one attached hydrogen (secondary N) is 1. The van der Waals surface area contributed by atoms with E-state index in [1.54, 1.807) is 38.5 Å². The molecule has 0 spiro atoms. The minimum absolute atomic E-state index is 0.155. The number of hydrogen-bond donors (Lipinski definition) is 1. The van der Waals surface area contributed by atoms with E-state index in [4.69, 9.17) is 25.8 Å². The molecule has 0 aromatic heterocycles. The van der Waals surface area contributed by atoms with E-state index in [0.717, 1.165) is 11.1 Å². The molecule has 0 bridgehead atoms. The van der Waals surface area contributed by atoms with Crippen LogP contribution in [-0.2, 0) is 20.7 Å². The normalized spacial score (nSPS) is 10.2. The third-order valence-electron chi connectivity index (χ3n) is 3.89. The minimum atomic E-state index is -0.451. The maximum absolute atomic E-state index is 11.9. The van der Waals surface area contributed by atoms with Crippen molar-refractivity contribution in [2.24, 2.45) is 0 Å². The molecule has 1 amide bonds. The molecule has 0 heterocycles. The highest BCUT2D eigenvalue weighted by atomic mass is 35.5. The number of halogens is 1. The molecule has 2 aromatic rings. The second kappa shape index (κ2) is 9.83. The van der Waals surface area contributed by atoms with E-state index in [0.29, 0.717) is 28.6 Å². The lowest BCUT2D eigenvalue weighted by molar-refractivity contribution is -0.147. The topological polar surface area (TPSA) is 73.9 Å². The molecular weight excluding hydrogens is 370 g/mol. The molecule has 2 aromatic carbocycles. The predicted octanol–water partition coefficient (Wildman–Crippen LogP) is 3.78. The molecule has 0 fully saturated rings. The Morgan fingerprint density at radius 3 is 2.44 bits per heavy atom. The second-order valence-corrected chi connectivity index (χ2v) is 6.29. The second-order valence-electron chi connectivity index (χ2n) is 5.86. The van der Waals surface area contributed by atoms with Crippen LogP contribution in [0, 0.1) is 6.92 Å². The van der Waals surface area contributed by atoms with E-state index in [-0.39, 0.29) is 13.0 Å². The van der Waals surface area contributed by atoms with Crippen LogP contribution in [0.3, 0.4) is 0 Å². The number of carbonyl (C=O) groups is 2. The van der Waals surface area contributed by atoms with E-state index >= 15 is 0 Å².